The zero-order valence-corrected chi connectivity index (χ0v) is 12.2. The zero-order valence-electron chi connectivity index (χ0n) is 12.2. The summed E-state index contributed by atoms with van der Waals surface area (Å²) in [6, 6.07) is 5.62. The van der Waals surface area contributed by atoms with Crippen molar-refractivity contribution >= 4 is 5.69 Å². The minimum atomic E-state index is -0.306. The lowest BCUT2D eigenvalue weighted by atomic mass is 9.90. The average molecular weight is 277 g/mol. The van der Waals surface area contributed by atoms with E-state index in [1.165, 1.54) is 0 Å². The molecule has 1 aromatic carbocycles. The molecule has 0 amide bonds. The third-order valence-corrected chi connectivity index (χ3v) is 4.41. The molecule has 5 nitrogen and oxygen atoms in total. The Labute approximate surface area is 119 Å². The normalized spacial score (nSPS) is 23.8. The van der Waals surface area contributed by atoms with Crippen molar-refractivity contribution in [3.8, 4) is 0 Å². The number of nitrogens with two attached hydrogens (primary N) is 1. The number of nitrogens with zero attached hydrogens (tertiary/aromatic N) is 2. The minimum Gasteiger partial charge on any atom is -0.327 e. The number of hydrogen-bond acceptors (Lipinski definition) is 4. The molecule has 2 N–H and O–H groups in total. The summed E-state index contributed by atoms with van der Waals surface area (Å²) in [6.07, 6.45) is 2.10. The second kappa shape index (κ2) is 6.33. The van der Waals surface area contributed by atoms with Gasteiger partial charge in [0.2, 0.25) is 0 Å². The van der Waals surface area contributed by atoms with Crippen LogP contribution in [-0.2, 0) is 6.54 Å². The van der Waals surface area contributed by atoms with Gasteiger partial charge in [0.15, 0.2) is 0 Å². The second-order valence-corrected chi connectivity index (χ2v) is 5.67. The van der Waals surface area contributed by atoms with Gasteiger partial charge in [-0.2, -0.15) is 0 Å². The van der Waals surface area contributed by atoms with Crippen LogP contribution in [-0.4, -0.2) is 29.0 Å². The van der Waals surface area contributed by atoms with Gasteiger partial charge in [0, 0.05) is 30.8 Å². The van der Waals surface area contributed by atoms with Gasteiger partial charge in [-0.3, -0.25) is 15.0 Å². The van der Waals surface area contributed by atoms with Crippen LogP contribution in [0, 0.1) is 23.0 Å². The maximum atomic E-state index is 11.0. The van der Waals surface area contributed by atoms with Crippen molar-refractivity contribution in [1.29, 1.82) is 0 Å². The Hall–Kier alpha value is -1.46. The van der Waals surface area contributed by atoms with Crippen LogP contribution in [0.2, 0.25) is 0 Å². The molecule has 1 aliphatic heterocycles. The molecule has 0 spiro atoms. The van der Waals surface area contributed by atoms with Gasteiger partial charge in [-0.05, 0) is 31.4 Å². The van der Waals surface area contributed by atoms with E-state index >= 15 is 0 Å². The molecule has 0 aromatic heterocycles. The summed E-state index contributed by atoms with van der Waals surface area (Å²) in [5.41, 5.74) is 8.16. The maximum absolute atomic E-state index is 11.0. The van der Waals surface area contributed by atoms with Crippen molar-refractivity contribution in [2.45, 2.75) is 39.3 Å². The molecule has 0 bridgehead atoms. The fraction of sp³-hybridized carbons (Fsp3) is 0.600. The molecule has 20 heavy (non-hydrogen) atoms. The number of likely N-dealkylation sites (tertiary alicyclic amines) is 1. The minimum absolute atomic E-state index is 0.211. The Kier molecular flexibility index (Phi) is 4.73. The summed E-state index contributed by atoms with van der Waals surface area (Å²) >= 11 is 0. The van der Waals surface area contributed by atoms with Gasteiger partial charge in [0.1, 0.15) is 0 Å². The van der Waals surface area contributed by atoms with Crippen LogP contribution in [0.1, 0.15) is 30.9 Å². The molecule has 1 fully saturated rings. The largest absolute Gasteiger partial charge is 0.327 e. The van der Waals surface area contributed by atoms with E-state index in [1.807, 2.05) is 13.0 Å². The van der Waals surface area contributed by atoms with Crippen molar-refractivity contribution in [1.82, 2.24) is 4.90 Å². The number of benzene rings is 1. The molecule has 0 aliphatic carbocycles. The first-order valence-corrected chi connectivity index (χ1v) is 7.23. The molecule has 110 valence electrons. The zero-order chi connectivity index (χ0) is 14.7. The summed E-state index contributed by atoms with van der Waals surface area (Å²) in [6.45, 7) is 6.74. The molecule has 1 saturated heterocycles. The van der Waals surface area contributed by atoms with E-state index < -0.39 is 0 Å². The van der Waals surface area contributed by atoms with Crippen molar-refractivity contribution < 1.29 is 4.92 Å². The molecular formula is C15H23N3O2. The van der Waals surface area contributed by atoms with Crippen LogP contribution in [0.25, 0.3) is 0 Å². The van der Waals surface area contributed by atoms with Crippen molar-refractivity contribution in [3.05, 3.63) is 39.4 Å². The highest BCUT2D eigenvalue weighted by molar-refractivity contribution is 5.44. The summed E-state index contributed by atoms with van der Waals surface area (Å²) in [7, 11) is 0. The summed E-state index contributed by atoms with van der Waals surface area (Å²) in [5.74, 6) is 0.530. The molecule has 0 radical (unpaired) electrons. The predicted molar refractivity (Wildman–Crippen MR) is 79.5 cm³/mol. The molecule has 1 aromatic rings. The maximum Gasteiger partial charge on any atom is 0.272 e. The van der Waals surface area contributed by atoms with Crippen LogP contribution in [0.5, 0.6) is 0 Å². The highest BCUT2D eigenvalue weighted by Gasteiger charge is 2.26. The van der Waals surface area contributed by atoms with E-state index in [0.717, 1.165) is 43.6 Å². The van der Waals surface area contributed by atoms with Gasteiger partial charge < -0.3 is 5.73 Å². The van der Waals surface area contributed by atoms with Gasteiger partial charge in [0.25, 0.3) is 5.69 Å². The summed E-state index contributed by atoms with van der Waals surface area (Å²) in [5, 5.41) is 11.0. The molecule has 0 saturated carbocycles. The smallest absolute Gasteiger partial charge is 0.272 e. The lowest BCUT2D eigenvalue weighted by Crippen LogP contribution is -2.46. The van der Waals surface area contributed by atoms with Crippen LogP contribution in [0.3, 0.4) is 0 Å². The first kappa shape index (κ1) is 14.9. The Morgan fingerprint density at radius 1 is 1.50 bits per heavy atom. The molecule has 1 aliphatic rings. The fourth-order valence-electron chi connectivity index (χ4n) is 2.98. The third-order valence-electron chi connectivity index (χ3n) is 4.41. The first-order chi connectivity index (χ1) is 9.52. The fourth-order valence-corrected chi connectivity index (χ4v) is 2.98. The van der Waals surface area contributed by atoms with Crippen LogP contribution >= 0.6 is 0 Å². The lowest BCUT2D eigenvalue weighted by molar-refractivity contribution is -0.385. The first-order valence-electron chi connectivity index (χ1n) is 7.23. The number of hydrogen-bond donors (Lipinski definition) is 1. The van der Waals surface area contributed by atoms with Gasteiger partial charge in [-0.25, -0.2) is 0 Å². The standard InChI is InChI=1S/C15H23N3O2/c1-3-12-9-17(8-7-14(12)16)10-13-5-4-6-15(11(13)2)18(19)20/h4-6,12,14H,3,7-10,16H2,1-2H3. The lowest BCUT2D eigenvalue weighted by Gasteiger charge is -2.36. The summed E-state index contributed by atoms with van der Waals surface area (Å²) < 4.78 is 0. The quantitative estimate of drug-likeness (QED) is 0.678. The monoisotopic (exact) mass is 277 g/mol. The van der Waals surface area contributed by atoms with Crippen molar-refractivity contribution in [3.63, 3.8) is 0 Å². The molecule has 5 heteroatoms. The third kappa shape index (κ3) is 3.16. The van der Waals surface area contributed by atoms with Gasteiger partial charge in [-0.15, -0.1) is 0 Å². The SMILES string of the molecule is CCC1CN(Cc2cccc([N+](=O)[O-])c2C)CCC1N. The van der Waals surface area contributed by atoms with Crippen molar-refractivity contribution in [2.75, 3.05) is 13.1 Å². The van der Waals surface area contributed by atoms with E-state index in [0.29, 0.717) is 12.0 Å². The van der Waals surface area contributed by atoms with E-state index in [1.54, 1.807) is 12.1 Å². The molecular weight excluding hydrogens is 254 g/mol. The topological polar surface area (TPSA) is 72.4 Å². The Bertz CT molecular complexity index is 490. The van der Waals surface area contributed by atoms with Gasteiger partial charge in [0.05, 0.1) is 4.92 Å². The number of nitro groups is 1. The molecule has 1 heterocycles. The predicted octanol–water partition coefficient (Wildman–Crippen LogP) is 2.46. The van der Waals surface area contributed by atoms with E-state index in [9.17, 15) is 10.1 Å². The second-order valence-electron chi connectivity index (χ2n) is 5.67. The Morgan fingerprint density at radius 2 is 2.25 bits per heavy atom. The molecule has 2 atom stereocenters. The van der Waals surface area contributed by atoms with E-state index in [4.69, 9.17) is 5.73 Å². The van der Waals surface area contributed by atoms with E-state index in [2.05, 4.69) is 11.8 Å². The highest BCUT2D eigenvalue weighted by atomic mass is 16.6. The van der Waals surface area contributed by atoms with E-state index in [-0.39, 0.29) is 10.6 Å². The van der Waals surface area contributed by atoms with Gasteiger partial charge in [-0.1, -0.05) is 25.5 Å². The van der Waals surface area contributed by atoms with Crippen LogP contribution in [0.15, 0.2) is 18.2 Å². The number of nitro benzene ring substituents is 1. The Morgan fingerprint density at radius 3 is 2.90 bits per heavy atom. The highest BCUT2D eigenvalue weighted by Crippen LogP contribution is 2.25. The Balaban J connectivity index is 2.11. The number of piperidine rings is 1. The number of rotatable bonds is 4. The van der Waals surface area contributed by atoms with Crippen molar-refractivity contribution in [2.24, 2.45) is 11.7 Å². The summed E-state index contributed by atoms with van der Waals surface area (Å²) in [4.78, 5) is 13.0. The van der Waals surface area contributed by atoms with Gasteiger partial charge >= 0.3 is 0 Å². The molecule has 2 rings (SSSR count). The molecule has 2 unspecified atom stereocenters. The van der Waals surface area contributed by atoms with Crippen LogP contribution in [0.4, 0.5) is 5.69 Å². The van der Waals surface area contributed by atoms with Crippen LogP contribution < -0.4 is 5.73 Å². The average Bonchev–Trinajstić information content (AvgIpc) is 2.42.